The van der Waals surface area contributed by atoms with E-state index in [1.807, 2.05) is 45.3 Å². The van der Waals surface area contributed by atoms with E-state index in [0.29, 0.717) is 0 Å². The van der Waals surface area contributed by atoms with Crippen LogP contribution in [0, 0.1) is 19.3 Å². The normalized spacial score (nSPS) is 16.1. The van der Waals surface area contributed by atoms with E-state index in [1.165, 1.54) is 11.1 Å². The van der Waals surface area contributed by atoms with Crippen LogP contribution in [-0.2, 0) is 24.9 Å². The second-order valence-electron chi connectivity index (χ2n) is 12.7. The molecule has 45 heavy (non-hydrogen) atoms. The number of carbonyl (C=O) groups is 1. The summed E-state index contributed by atoms with van der Waals surface area (Å²) in [5, 5.41) is 11.9. The van der Waals surface area contributed by atoms with E-state index in [4.69, 9.17) is 4.74 Å². The molecule has 232 valence electrons. The number of benzene rings is 2. The maximum absolute atomic E-state index is 14.1. The van der Waals surface area contributed by atoms with E-state index in [2.05, 4.69) is 81.6 Å². The molecule has 0 fully saturated rings. The zero-order valence-electron chi connectivity index (χ0n) is 26.9. The molecule has 9 heteroatoms. The fourth-order valence-electron chi connectivity index (χ4n) is 6.48. The number of anilines is 1. The molecule has 0 spiro atoms. The summed E-state index contributed by atoms with van der Waals surface area (Å²) >= 11 is 0. The van der Waals surface area contributed by atoms with Crippen LogP contribution < -0.4 is 10.1 Å². The van der Waals surface area contributed by atoms with Crippen molar-refractivity contribution < 1.29 is 9.53 Å². The number of hydrogen-bond acceptors (Lipinski definition) is 7. The van der Waals surface area contributed by atoms with Crippen LogP contribution in [0.3, 0.4) is 0 Å². The van der Waals surface area contributed by atoms with Crippen molar-refractivity contribution in [3.05, 3.63) is 107 Å². The van der Waals surface area contributed by atoms with Gasteiger partial charge in [-0.05, 0) is 72.4 Å². The number of ether oxygens (including phenoxy) is 1. The van der Waals surface area contributed by atoms with Crippen LogP contribution in [0.4, 0.5) is 5.69 Å². The lowest BCUT2D eigenvalue weighted by molar-refractivity contribution is -0.124. The highest BCUT2D eigenvalue weighted by molar-refractivity contribution is 5.96. The highest BCUT2D eigenvalue weighted by atomic mass is 16.5. The highest BCUT2D eigenvalue weighted by Crippen LogP contribution is 2.44. The van der Waals surface area contributed by atoms with Crippen LogP contribution in [0.15, 0.2) is 73.3 Å². The van der Waals surface area contributed by atoms with Crippen molar-refractivity contribution in [2.45, 2.75) is 66.2 Å². The molecule has 3 aromatic heterocycles. The fraction of sp³-hybridized carbons (Fsp3) is 0.361. The lowest BCUT2D eigenvalue weighted by atomic mass is 9.69. The van der Waals surface area contributed by atoms with Gasteiger partial charge in [0.2, 0.25) is 5.91 Å². The van der Waals surface area contributed by atoms with Gasteiger partial charge in [0.05, 0.1) is 10.9 Å². The molecule has 1 N–H and O–H groups in total. The van der Waals surface area contributed by atoms with E-state index in [-0.39, 0.29) is 17.9 Å². The number of rotatable bonds is 8. The van der Waals surface area contributed by atoms with Gasteiger partial charge in [0.25, 0.3) is 0 Å². The number of nitrogens with zero attached hydrogens (tertiary/aromatic N) is 6. The first-order valence-electron chi connectivity index (χ1n) is 15.6. The molecule has 1 aliphatic rings. The van der Waals surface area contributed by atoms with Crippen molar-refractivity contribution in [2.24, 2.45) is 12.5 Å². The zero-order valence-corrected chi connectivity index (χ0v) is 26.9. The zero-order chi connectivity index (χ0) is 31.7. The summed E-state index contributed by atoms with van der Waals surface area (Å²) in [6, 6.07) is 16.4. The molecule has 6 rings (SSSR count). The Morgan fingerprint density at radius 3 is 2.62 bits per heavy atom. The Hall–Kier alpha value is -4.63. The van der Waals surface area contributed by atoms with E-state index in [0.717, 1.165) is 70.8 Å². The lowest BCUT2D eigenvalue weighted by Gasteiger charge is -2.35. The Balaban J connectivity index is 1.41. The minimum absolute atomic E-state index is 0.0703. The number of aromatic nitrogens is 5. The summed E-state index contributed by atoms with van der Waals surface area (Å²) in [6.07, 6.45) is 8.09. The Bertz CT molecular complexity index is 1830. The second-order valence-corrected chi connectivity index (χ2v) is 12.7. The van der Waals surface area contributed by atoms with Gasteiger partial charge in [0, 0.05) is 68.6 Å². The maximum Gasteiger partial charge on any atom is 0.230 e. The van der Waals surface area contributed by atoms with Gasteiger partial charge in [0.15, 0.2) is 0 Å². The predicted octanol–water partition coefficient (Wildman–Crippen LogP) is 6.35. The summed E-state index contributed by atoms with van der Waals surface area (Å²) < 4.78 is 8.14. The Morgan fingerprint density at radius 2 is 1.84 bits per heavy atom. The molecule has 2 aromatic carbocycles. The van der Waals surface area contributed by atoms with Crippen molar-refractivity contribution in [2.75, 3.05) is 11.9 Å². The summed E-state index contributed by atoms with van der Waals surface area (Å²) in [7, 11) is 1.90. The van der Waals surface area contributed by atoms with Crippen molar-refractivity contribution in [1.29, 1.82) is 0 Å². The first-order valence-corrected chi connectivity index (χ1v) is 15.6. The molecule has 9 nitrogen and oxygen atoms in total. The van der Waals surface area contributed by atoms with Gasteiger partial charge >= 0.3 is 0 Å². The van der Waals surface area contributed by atoms with Crippen LogP contribution in [0.5, 0.6) is 5.75 Å². The van der Waals surface area contributed by atoms with E-state index >= 15 is 0 Å². The van der Waals surface area contributed by atoms with E-state index in [9.17, 15) is 4.79 Å². The Labute approximate surface area is 264 Å². The minimum atomic E-state index is -0.829. The van der Waals surface area contributed by atoms with Gasteiger partial charge in [-0.2, -0.15) is 0 Å². The van der Waals surface area contributed by atoms with Crippen molar-refractivity contribution >= 4 is 22.6 Å². The largest absolute Gasteiger partial charge is 0.489 e. The van der Waals surface area contributed by atoms with Crippen LogP contribution in [0.1, 0.15) is 66.5 Å². The SMILES string of the molecule is CC[C@@H]1CN(Cc2cc(C(c3ccc4c(nnn4C)c3C)C(C)(C)C(=O)Nc3ccncc3)ccc2C)Cc2cnccc2O1. The number of nitrogens with one attached hydrogen (secondary N) is 1. The number of carbonyl (C=O) groups excluding carboxylic acids is 1. The maximum atomic E-state index is 14.1. The molecular weight excluding hydrogens is 562 g/mol. The van der Waals surface area contributed by atoms with Crippen LogP contribution in [0.2, 0.25) is 0 Å². The minimum Gasteiger partial charge on any atom is -0.489 e. The lowest BCUT2D eigenvalue weighted by Crippen LogP contribution is -2.37. The van der Waals surface area contributed by atoms with Crippen molar-refractivity contribution in [1.82, 2.24) is 29.9 Å². The molecule has 0 radical (unpaired) electrons. The molecule has 0 saturated heterocycles. The second kappa shape index (κ2) is 12.4. The monoisotopic (exact) mass is 603 g/mol. The van der Waals surface area contributed by atoms with Gasteiger partial charge in [-0.15, -0.1) is 5.10 Å². The predicted molar refractivity (Wildman–Crippen MR) is 176 cm³/mol. The van der Waals surface area contributed by atoms with Gasteiger partial charge in [-0.1, -0.05) is 50.3 Å². The van der Waals surface area contributed by atoms with Gasteiger partial charge < -0.3 is 10.1 Å². The average molecular weight is 604 g/mol. The third-order valence-corrected chi connectivity index (χ3v) is 9.20. The number of pyridine rings is 2. The molecule has 0 aliphatic carbocycles. The third-order valence-electron chi connectivity index (χ3n) is 9.20. The molecule has 4 heterocycles. The first-order chi connectivity index (χ1) is 21.7. The van der Waals surface area contributed by atoms with Gasteiger partial charge in [0.1, 0.15) is 17.4 Å². The van der Waals surface area contributed by atoms with Crippen LogP contribution in [-0.4, -0.2) is 48.4 Å². The molecule has 1 unspecified atom stereocenters. The molecule has 5 aromatic rings. The quantitative estimate of drug-likeness (QED) is 0.221. The van der Waals surface area contributed by atoms with Crippen molar-refractivity contribution in [3.63, 3.8) is 0 Å². The summed E-state index contributed by atoms with van der Waals surface area (Å²) in [4.78, 5) is 25.0. The molecule has 0 saturated carbocycles. The molecule has 2 atom stereocenters. The number of fused-ring (bicyclic) bond motifs is 2. The first kappa shape index (κ1) is 30.4. The number of aryl methyl sites for hydroxylation is 3. The Kier molecular flexibility index (Phi) is 8.38. The third kappa shape index (κ3) is 6.04. The number of hydrogen-bond donors (Lipinski definition) is 1. The smallest absolute Gasteiger partial charge is 0.230 e. The molecule has 1 aliphatic heterocycles. The van der Waals surface area contributed by atoms with Crippen molar-refractivity contribution in [3.8, 4) is 5.75 Å². The molecular formula is C36H41N7O2. The Morgan fingerprint density at radius 1 is 1.07 bits per heavy atom. The number of amides is 1. The van der Waals surface area contributed by atoms with Crippen LogP contribution in [0.25, 0.3) is 11.0 Å². The topological polar surface area (TPSA) is 98.1 Å². The summed E-state index contributed by atoms with van der Waals surface area (Å²) in [5.41, 5.74) is 8.40. The standard InChI is InChI=1S/C36H41N7O2/c1-7-29-22-43(21-27-19-38-17-14-32(27)45-29)20-26-18-25(9-8-23(26)2)33(30-10-11-31-34(24(30)3)40-41-42(31)6)36(4,5)35(44)39-28-12-15-37-16-13-28/h8-19,29,33H,7,20-22H2,1-6H3,(H,37,39,44)/t29-,33?/m1/s1. The molecule has 0 bridgehead atoms. The summed E-state index contributed by atoms with van der Waals surface area (Å²) in [6.45, 7) is 12.8. The van der Waals surface area contributed by atoms with Gasteiger partial charge in [-0.25, -0.2) is 4.68 Å². The van der Waals surface area contributed by atoms with E-state index in [1.54, 1.807) is 23.3 Å². The fourth-order valence-corrected chi connectivity index (χ4v) is 6.48. The van der Waals surface area contributed by atoms with Crippen LogP contribution >= 0.6 is 0 Å². The summed E-state index contributed by atoms with van der Waals surface area (Å²) in [5.74, 6) is 0.589. The van der Waals surface area contributed by atoms with Gasteiger partial charge in [-0.3, -0.25) is 19.7 Å². The molecule has 1 amide bonds. The highest BCUT2D eigenvalue weighted by Gasteiger charge is 2.40. The van der Waals surface area contributed by atoms with E-state index < -0.39 is 5.41 Å². The average Bonchev–Trinajstić information content (AvgIpc) is 3.31.